The molecule has 1 fully saturated rings. The van der Waals surface area contributed by atoms with Gasteiger partial charge in [-0.05, 0) is 61.0 Å². The molecule has 1 N–H and O–H groups in total. The highest BCUT2D eigenvalue weighted by Crippen LogP contribution is 2.33. The summed E-state index contributed by atoms with van der Waals surface area (Å²) in [5, 5.41) is 6.65. The van der Waals surface area contributed by atoms with Crippen LogP contribution in [0.3, 0.4) is 0 Å². The van der Waals surface area contributed by atoms with Gasteiger partial charge >= 0.3 is 12.2 Å². The maximum atomic E-state index is 15.1. The lowest BCUT2D eigenvalue weighted by Crippen LogP contribution is -2.31. The number of aryl methyl sites for hydroxylation is 1. The van der Waals surface area contributed by atoms with Crippen LogP contribution in [0.25, 0.3) is 17.1 Å². The molecule has 240 valence electrons. The van der Waals surface area contributed by atoms with Gasteiger partial charge in [-0.1, -0.05) is 58.7 Å². The fourth-order valence-corrected chi connectivity index (χ4v) is 5.36. The first kappa shape index (κ1) is 33.7. The van der Waals surface area contributed by atoms with Gasteiger partial charge in [0.05, 0.1) is 41.6 Å². The highest BCUT2D eigenvalue weighted by molar-refractivity contribution is 8.15. The highest BCUT2D eigenvalue weighted by atomic mass is 35.6. The quantitative estimate of drug-likeness (QED) is 0.154. The van der Waals surface area contributed by atoms with E-state index in [1.54, 1.807) is 12.1 Å². The number of carbonyl (C=O) groups excluding carboxylic acids is 2. The van der Waals surface area contributed by atoms with Gasteiger partial charge in [-0.25, -0.2) is 18.9 Å². The zero-order chi connectivity index (χ0) is 33.2. The Hall–Kier alpha value is -3.69. The Morgan fingerprint density at radius 3 is 2.50 bits per heavy atom. The average molecular weight is 716 g/mol. The third-order valence-electron chi connectivity index (χ3n) is 6.39. The van der Waals surface area contributed by atoms with Crippen molar-refractivity contribution in [3.8, 4) is 17.1 Å². The van der Waals surface area contributed by atoms with Crippen LogP contribution in [-0.4, -0.2) is 48.0 Å². The summed E-state index contributed by atoms with van der Waals surface area (Å²) in [7, 11) is 0. The van der Waals surface area contributed by atoms with Gasteiger partial charge in [0, 0.05) is 11.1 Å². The molecule has 0 bridgehead atoms. The monoisotopic (exact) mass is 714 g/mol. The van der Waals surface area contributed by atoms with Crippen molar-refractivity contribution in [2.45, 2.75) is 23.5 Å². The third kappa shape index (κ3) is 8.17. The van der Waals surface area contributed by atoms with Gasteiger partial charge in [0.2, 0.25) is 9.70 Å². The Labute approximate surface area is 278 Å². The van der Waals surface area contributed by atoms with Crippen LogP contribution in [0.4, 0.5) is 33.7 Å². The molecule has 0 radical (unpaired) electrons. The van der Waals surface area contributed by atoms with Crippen LogP contribution < -0.4 is 10.2 Å². The first-order chi connectivity index (χ1) is 21.7. The van der Waals surface area contributed by atoms with Crippen LogP contribution in [0.1, 0.15) is 16.7 Å². The first-order valence-corrected chi connectivity index (χ1v) is 15.3. The van der Waals surface area contributed by atoms with E-state index in [0.717, 1.165) is 35.5 Å². The number of benzene rings is 3. The largest absolute Gasteiger partial charge is 0.416 e. The molecule has 0 saturated carbocycles. The number of nitrogens with zero attached hydrogens (tertiary/aromatic N) is 5. The van der Waals surface area contributed by atoms with Gasteiger partial charge in [-0.3, -0.25) is 9.69 Å². The highest BCUT2D eigenvalue weighted by Gasteiger charge is 2.33. The second-order valence-corrected chi connectivity index (χ2v) is 13.3. The van der Waals surface area contributed by atoms with Crippen molar-refractivity contribution >= 4 is 75.0 Å². The van der Waals surface area contributed by atoms with Crippen molar-refractivity contribution in [2.75, 3.05) is 22.6 Å². The summed E-state index contributed by atoms with van der Waals surface area (Å²) in [5.74, 6) is -1.04. The zero-order valence-corrected chi connectivity index (χ0v) is 26.6. The number of amides is 3. The van der Waals surface area contributed by atoms with Crippen molar-refractivity contribution in [1.82, 2.24) is 14.8 Å². The van der Waals surface area contributed by atoms with Gasteiger partial charge in [0.1, 0.15) is 12.1 Å². The van der Waals surface area contributed by atoms with Crippen molar-refractivity contribution in [3.05, 3.63) is 89.5 Å². The number of amidine groups is 1. The number of aromatic nitrogens is 3. The van der Waals surface area contributed by atoms with Gasteiger partial charge in [-0.2, -0.15) is 18.2 Å². The number of anilines is 2. The molecule has 2 heterocycles. The van der Waals surface area contributed by atoms with E-state index in [1.165, 1.54) is 40.2 Å². The number of aliphatic imine (C=N–C) groups is 1. The molecule has 1 saturated heterocycles. The SMILES string of the molecule is Cc1ccc(COCC(Cl)(Cl)Cl)c(N2C(=O)CS/C2=N\C(=O)Nc2ccc(-c3ncn(-c4ccc(C(F)(F)F)cc4)n3)cc2F)c1. The van der Waals surface area contributed by atoms with Gasteiger partial charge < -0.3 is 10.1 Å². The molecule has 9 nitrogen and oxygen atoms in total. The molecule has 4 aromatic rings. The van der Waals surface area contributed by atoms with E-state index in [0.29, 0.717) is 16.9 Å². The number of alkyl halides is 6. The Balaban J connectivity index is 1.30. The molecule has 1 aliphatic rings. The Bertz CT molecular complexity index is 1810. The van der Waals surface area contributed by atoms with E-state index < -0.39 is 27.4 Å². The fraction of sp³-hybridized carbons (Fsp3) is 0.207. The molecular formula is C29H21Cl3F4N6O3S. The predicted molar refractivity (Wildman–Crippen MR) is 169 cm³/mol. The minimum absolute atomic E-state index is 0.00639. The molecule has 3 amide bonds. The molecule has 0 atom stereocenters. The minimum atomic E-state index is -4.48. The van der Waals surface area contributed by atoms with E-state index in [2.05, 4.69) is 20.4 Å². The number of halogens is 7. The number of nitrogens with one attached hydrogen (secondary N) is 1. The van der Waals surface area contributed by atoms with Crippen LogP contribution in [0.5, 0.6) is 0 Å². The second-order valence-electron chi connectivity index (χ2n) is 9.83. The van der Waals surface area contributed by atoms with Crippen molar-refractivity contribution < 1.29 is 31.9 Å². The number of hydrogen-bond donors (Lipinski definition) is 1. The van der Waals surface area contributed by atoms with Crippen LogP contribution >= 0.6 is 46.6 Å². The maximum absolute atomic E-state index is 15.1. The number of hydrogen-bond acceptors (Lipinski definition) is 6. The Morgan fingerprint density at radius 2 is 1.83 bits per heavy atom. The normalized spacial score (nSPS) is 14.7. The number of carbonyl (C=O) groups is 2. The molecule has 3 aromatic carbocycles. The van der Waals surface area contributed by atoms with Crippen LogP contribution in [-0.2, 0) is 22.3 Å². The molecule has 0 unspecified atom stereocenters. The van der Waals surface area contributed by atoms with Crippen LogP contribution in [0.2, 0.25) is 0 Å². The molecule has 1 aliphatic heterocycles. The maximum Gasteiger partial charge on any atom is 0.416 e. The van der Waals surface area contributed by atoms with Crippen molar-refractivity contribution in [2.24, 2.45) is 4.99 Å². The van der Waals surface area contributed by atoms with Crippen LogP contribution in [0.15, 0.2) is 72.0 Å². The fourth-order valence-electron chi connectivity index (χ4n) is 4.27. The van der Waals surface area contributed by atoms with Crippen molar-refractivity contribution in [1.29, 1.82) is 0 Å². The third-order valence-corrected chi connectivity index (χ3v) is 7.64. The van der Waals surface area contributed by atoms with E-state index in [-0.39, 0.29) is 47.1 Å². The molecule has 5 rings (SSSR count). The summed E-state index contributed by atoms with van der Waals surface area (Å²) < 4.78 is 58.8. The molecule has 17 heteroatoms. The topological polar surface area (TPSA) is 102 Å². The van der Waals surface area contributed by atoms with Crippen molar-refractivity contribution in [3.63, 3.8) is 0 Å². The molecular weight excluding hydrogens is 695 g/mol. The van der Waals surface area contributed by atoms with E-state index in [1.807, 2.05) is 13.0 Å². The summed E-state index contributed by atoms with van der Waals surface area (Å²) in [6.45, 7) is 1.64. The van der Waals surface area contributed by atoms with E-state index in [4.69, 9.17) is 39.5 Å². The average Bonchev–Trinajstić information content (AvgIpc) is 3.61. The number of thioether (sulfide) groups is 1. The number of urea groups is 1. The first-order valence-electron chi connectivity index (χ1n) is 13.2. The summed E-state index contributed by atoms with van der Waals surface area (Å²) >= 11 is 18.3. The zero-order valence-electron chi connectivity index (χ0n) is 23.5. The lowest BCUT2D eigenvalue weighted by Gasteiger charge is -2.21. The Morgan fingerprint density at radius 1 is 1.09 bits per heavy atom. The predicted octanol–water partition coefficient (Wildman–Crippen LogP) is 7.96. The standard InChI is InChI=1S/C29H21Cl3F4N6O3S/c1-16-2-3-18(12-45-14-28(30,31)32)23(10-16)42-24(43)13-46-27(42)39-26(44)38-22-9-4-17(11-21(22)33)25-37-15-41(40-25)20-7-5-19(6-8-20)29(34,35)36/h2-11,15H,12-14H2,1H3,(H,38,44)/b39-27-. The van der Waals surface area contributed by atoms with Gasteiger partial charge in [-0.15, -0.1) is 5.10 Å². The Kier molecular flexibility index (Phi) is 9.94. The molecule has 0 spiro atoms. The molecule has 0 aliphatic carbocycles. The number of ether oxygens (including phenoxy) is 1. The molecule has 46 heavy (non-hydrogen) atoms. The summed E-state index contributed by atoms with van der Waals surface area (Å²) in [6.07, 6.45) is -3.20. The lowest BCUT2D eigenvalue weighted by molar-refractivity contribution is -0.137. The second kappa shape index (κ2) is 13.6. The van der Waals surface area contributed by atoms with Crippen LogP contribution in [0, 0.1) is 12.7 Å². The van der Waals surface area contributed by atoms with Gasteiger partial charge in [0.25, 0.3) is 0 Å². The number of rotatable bonds is 7. The lowest BCUT2D eigenvalue weighted by atomic mass is 10.1. The van der Waals surface area contributed by atoms with Gasteiger partial charge in [0.15, 0.2) is 11.0 Å². The summed E-state index contributed by atoms with van der Waals surface area (Å²) in [4.78, 5) is 35.1. The minimum Gasteiger partial charge on any atom is -0.372 e. The van der Waals surface area contributed by atoms with E-state index in [9.17, 15) is 22.8 Å². The molecule has 1 aromatic heterocycles. The summed E-state index contributed by atoms with van der Waals surface area (Å²) in [6, 6.07) is 12.5. The van der Waals surface area contributed by atoms with E-state index >= 15 is 4.39 Å². The summed E-state index contributed by atoms with van der Waals surface area (Å²) in [5.41, 5.74) is 1.41. The smallest absolute Gasteiger partial charge is 0.372 e.